The number of ether oxygens (including phenoxy) is 6. The van der Waals surface area contributed by atoms with Gasteiger partial charge in [-0.3, -0.25) is 14.4 Å². The lowest BCUT2D eigenvalue weighted by atomic mass is 9.98. The molecule has 0 spiro atoms. The average molecular weight is 334 g/mol. The van der Waals surface area contributed by atoms with Gasteiger partial charge in [-0.05, 0) is 0 Å². The summed E-state index contributed by atoms with van der Waals surface area (Å²) in [5, 5.41) is 0. The molecule has 0 bridgehead atoms. The highest BCUT2D eigenvalue weighted by Crippen LogP contribution is 2.28. The molecule has 132 valence electrons. The molecule has 1 fully saturated rings. The fourth-order valence-electron chi connectivity index (χ4n) is 2.33. The molecule has 0 radical (unpaired) electrons. The minimum Gasteiger partial charge on any atom is -0.463 e. The average Bonchev–Trinajstić information content (AvgIpc) is 2.43. The number of carbonyl (C=O) groups excluding carboxylic acids is 3. The van der Waals surface area contributed by atoms with Gasteiger partial charge in [0, 0.05) is 35.0 Å². The van der Waals surface area contributed by atoms with E-state index >= 15 is 0 Å². The number of carbonyl (C=O) groups is 3. The first-order chi connectivity index (χ1) is 10.8. The number of methoxy groups -OCH3 is 2. The predicted octanol–water partition coefficient (Wildman–Crippen LogP) is -0.201. The number of hydrogen-bond donors (Lipinski definition) is 0. The van der Waals surface area contributed by atoms with Crippen LogP contribution in [0.4, 0.5) is 0 Å². The van der Waals surface area contributed by atoms with Crippen molar-refractivity contribution in [2.24, 2.45) is 0 Å². The highest BCUT2D eigenvalue weighted by molar-refractivity contribution is 5.67. The molecule has 0 aliphatic carbocycles. The van der Waals surface area contributed by atoms with Gasteiger partial charge in [-0.2, -0.15) is 0 Å². The first kappa shape index (κ1) is 19.3. The van der Waals surface area contributed by atoms with Gasteiger partial charge in [0.25, 0.3) is 0 Å². The third kappa shape index (κ3) is 5.45. The Hall–Kier alpha value is -1.71. The lowest BCUT2D eigenvalue weighted by Crippen LogP contribution is -2.62. The molecule has 0 amide bonds. The molecule has 3 unspecified atom stereocenters. The zero-order valence-corrected chi connectivity index (χ0v) is 13.8. The minimum absolute atomic E-state index is 0.153. The molecule has 0 saturated carbocycles. The van der Waals surface area contributed by atoms with Gasteiger partial charge in [-0.25, -0.2) is 0 Å². The van der Waals surface area contributed by atoms with Crippen LogP contribution in [0.3, 0.4) is 0 Å². The Morgan fingerprint density at radius 1 is 0.826 bits per heavy atom. The summed E-state index contributed by atoms with van der Waals surface area (Å²) in [5.74, 6) is -1.67. The van der Waals surface area contributed by atoms with E-state index in [1.807, 2.05) is 0 Å². The Bertz CT molecular complexity index is 436. The molecule has 1 rings (SSSR count). The zero-order chi connectivity index (χ0) is 17.6. The largest absolute Gasteiger partial charge is 0.463 e. The topological polar surface area (TPSA) is 107 Å². The van der Waals surface area contributed by atoms with Crippen LogP contribution in [-0.4, -0.2) is 69.4 Å². The molecule has 9 heteroatoms. The standard InChI is InChI=1S/C14H22O9/c1-7(15)20-6-10-11(18-4)12(21-8(2)16)13(19-5)14(23-10)22-9(3)17/h10-14H,6H2,1-5H3/t10?,11-,12?,13?,14+/m1/s1. The second-order valence-corrected chi connectivity index (χ2v) is 4.93. The van der Waals surface area contributed by atoms with E-state index in [0.29, 0.717) is 0 Å². The molecular formula is C14H22O9. The van der Waals surface area contributed by atoms with E-state index in [2.05, 4.69) is 0 Å². The Balaban J connectivity index is 3.04. The normalized spacial score (nSPS) is 30.4. The number of hydrogen-bond acceptors (Lipinski definition) is 9. The van der Waals surface area contributed by atoms with E-state index in [0.717, 1.165) is 0 Å². The van der Waals surface area contributed by atoms with Gasteiger partial charge in [0.1, 0.15) is 18.8 Å². The van der Waals surface area contributed by atoms with Crippen molar-refractivity contribution in [2.45, 2.75) is 51.5 Å². The van der Waals surface area contributed by atoms with Gasteiger partial charge >= 0.3 is 17.9 Å². The predicted molar refractivity (Wildman–Crippen MR) is 74.2 cm³/mol. The molecule has 1 heterocycles. The van der Waals surface area contributed by atoms with Gasteiger partial charge in [0.2, 0.25) is 6.29 Å². The van der Waals surface area contributed by atoms with Gasteiger partial charge in [0.15, 0.2) is 12.2 Å². The monoisotopic (exact) mass is 334 g/mol. The van der Waals surface area contributed by atoms with E-state index in [1.54, 1.807) is 0 Å². The van der Waals surface area contributed by atoms with Gasteiger partial charge in [0.05, 0.1) is 0 Å². The maximum absolute atomic E-state index is 11.4. The molecule has 0 N–H and O–H groups in total. The van der Waals surface area contributed by atoms with Crippen molar-refractivity contribution >= 4 is 17.9 Å². The third-order valence-electron chi connectivity index (χ3n) is 3.17. The van der Waals surface area contributed by atoms with Crippen molar-refractivity contribution in [2.75, 3.05) is 20.8 Å². The van der Waals surface area contributed by atoms with Crippen molar-refractivity contribution in [3.63, 3.8) is 0 Å². The number of esters is 3. The Morgan fingerprint density at radius 2 is 1.39 bits per heavy atom. The molecule has 0 aromatic rings. The summed E-state index contributed by atoms with van der Waals surface area (Å²) in [6.07, 6.45) is -4.49. The first-order valence-electron chi connectivity index (χ1n) is 6.99. The number of rotatable bonds is 6. The van der Waals surface area contributed by atoms with Crippen LogP contribution in [0, 0.1) is 0 Å². The van der Waals surface area contributed by atoms with Crippen molar-refractivity contribution in [3.8, 4) is 0 Å². The highest BCUT2D eigenvalue weighted by Gasteiger charge is 2.50. The van der Waals surface area contributed by atoms with E-state index < -0.39 is 48.6 Å². The zero-order valence-electron chi connectivity index (χ0n) is 13.8. The van der Waals surface area contributed by atoms with Crippen LogP contribution in [0.5, 0.6) is 0 Å². The molecule has 1 aliphatic heterocycles. The van der Waals surface area contributed by atoms with Crippen LogP contribution in [0.2, 0.25) is 0 Å². The van der Waals surface area contributed by atoms with Crippen LogP contribution in [0.25, 0.3) is 0 Å². The van der Waals surface area contributed by atoms with Crippen molar-refractivity contribution in [1.82, 2.24) is 0 Å². The third-order valence-corrected chi connectivity index (χ3v) is 3.17. The summed E-state index contributed by atoms with van der Waals surface area (Å²) < 4.78 is 31.4. The maximum atomic E-state index is 11.4. The fourth-order valence-corrected chi connectivity index (χ4v) is 2.33. The Labute approximate surface area is 134 Å². The summed E-state index contributed by atoms with van der Waals surface area (Å²) in [6.45, 7) is 3.53. The Morgan fingerprint density at radius 3 is 1.83 bits per heavy atom. The molecule has 9 nitrogen and oxygen atoms in total. The molecule has 5 atom stereocenters. The van der Waals surface area contributed by atoms with E-state index in [9.17, 15) is 14.4 Å². The van der Waals surface area contributed by atoms with Crippen LogP contribution in [0.15, 0.2) is 0 Å². The lowest BCUT2D eigenvalue weighted by molar-refractivity contribution is -0.302. The smallest absolute Gasteiger partial charge is 0.305 e. The van der Waals surface area contributed by atoms with Crippen molar-refractivity contribution in [1.29, 1.82) is 0 Å². The molecule has 0 aromatic heterocycles. The molecule has 1 saturated heterocycles. The van der Waals surface area contributed by atoms with Crippen LogP contribution in [0.1, 0.15) is 20.8 Å². The fraction of sp³-hybridized carbons (Fsp3) is 0.786. The lowest BCUT2D eigenvalue weighted by Gasteiger charge is -2.43. The second-order valence-electron chi connectivity index (χ2n) is 4.93. The molecule has 23 heavy (non-hydrogen) atoms. The summed E-state index contributed by atoms with van der Waals surface area (Å²) >= 11 is 0. The minimum atomic E-state index is -1.13. The second kappa shape index (κ2) is 8.80. The van der Waals surface area contributed by atoms with Gasteiger partial charge in [-0.1, -0.05) is 0 Å². The van der Waals surface area contributed by atoms with Crippen LogP contribution >= 0.6 is 0 Å². The first-order valence-corrected chi connectivity index (χ1v) is 6.99. The highest BCUT2D eigenvalue weighted by atomic mass is 16.7. The SMILES string of the molecule is COC1C(OC(C)=O)[C@H](OC)C(COC(C)=O)O[C@@H]1OC(C)=O. The van der Waals surface area contributed by atoms with E-state index in [-0.39, 0.29) is 6.61 Å². The molecular weight excluding hydrogens is 312 g/mol. The van der Waals surface area contributed by atoms with Crippen LogP contribution < -0.4 is 0 Å². The molecule has 0 aromatic carbocycles. The summed E-state index contributed by atoms with van der Waals surface area (Å²) in [4.78, 5) is 33.6. The van der Waals surface area contributed by atoms with E-state index in [1.165, 1.54) is 35.0 Å². The summed E-state index contributed by atoms with van der Waals surface area (Å²) in [5.41, 5.74) is 0. The van der Waals surface area contributed by atoms with Crippen molar-refractivity contribution < 1.29 is 42.8 Å². The quantitative estimate of drug-likeness (QED) is 0.482. The van der Waals surface area contributed by atoms with Gasteiger partial charge < -0.3 is 28.4 Å². The van der Waals surface area contributed by atoms with Crippen molar-refractivity contribution in [3.05, 3.63) is 0 Å². The molecule has 1 aliphatic rings. The maximum Gasteiger partial charge on any atom is 0.305 e. The Kier molecular flexibility index (Phi) is 7.40. The van der Waals surface area contributed by atoms with Crippen LogP contribution in [-0.2, 0) is 42.8 Å². The van der Waals surface area contributed by atoms with Gasteiger partial charge in [-0.15, -0.1) is 0 Å². The summed E-state index contributed by atoms with van der Waals surface area (Å²) in [7, 11) is 2.75. The summed E-state index contributed by atoms with van der Waals surface area (Å²) in [6, 6.07) is 0. The van der Waals surface area contributed by atoms with E-state index in [4.69, 9.17) is 28.4 Å².